The van der Waals surface area contributed by atoms with Gasteiger partial charge in [0, 0.05) is 0 Å². The van der Waals surface area contributed by atoms with Crippen LogP contribution in [0.1, 0.15) is 32.1 Å². The maximum absolute atomic E-state index is 11.1. The van der Waals surface area contributed by atoms with Gasteiger partial charge in [0.05, 0.1) is 0 Å². The Morgan fingerprint density at radius 2 is 1.77 bits per heavy atom. The number of hydrogen-bond acceptors (Lipinski definition) is 2. The molecule has 0 aliphatic heterocycles. The normalized spacial score (nSPS) is 21.0. The van der Waals surface area contributed by atoms with E-state index in [0.29, 0.717) is 0 Å². The van der Waals surface area contributed by atoms with Crippen LogP contribution < -0.4 is 5.73 Å². The third-order valence-corrected chi connectivity index (χ3v) is 3.11. The van der Waals surface area contributed by atoms with Gasteiger partial charge in [-0.1, -0.05) is 19.3 Å². The van der Waals surface area contributed by atoms with Crippen LogP contribution in [0.15, 0.2) is 0 Å². The summed E-state index contributed by atoms with van der Waals surface area (Å²) in [4.78, 5) is 21.7. The second-order valence-electron chi connectivity index (χ2n) is 3.53. The summed E-state index contributed by atoms with van der Waals surface area (Å²) in [5.74, 6) is -1.39. The first-order chi connectivity index (χ1) is 6.13. The smallest absolute Gasteiger partial charge is 0.286 e. The number of rotatable bonds is 3. The monoisotopic (exact) mass is 203 g/mol. The molecule has 1 fully saturated rings. The van der Waals surface area contributed by atoms with Gasteiger partial charge in [0.15, 0.2) is 0 Å². The van der Waals surface area contributed by atoms with Gasteiger partial charge in [-0.2, -0.15) is 0 Å². The van der Waals surface area contributed by atoms with Gasteiger partial charge in [0.2, 0.25) is 5.78 Å². The number of carbonyl (C=O) groups excluding carboxylic acids is 2. The van der Waals surface area contributed by atoms with Crippen LogP contribution in [-0.2, 0) is 9.59 Å². The number of nitrogens with two attached hydrogens (primary N) is 1. The summed E-state index contributed by atoms with van der Waals surface area (Å²) < 4.78 is 0. The van der Waals surface area contributed by atoms with Gasteiger partial charge < -0.3 is 5.73 Å². The Morgan fingerprint density at radius 1 is 1.23 bits per heavy atom. The zero-order valence-electron chi connectivity index (χ0n) is 7.46. The molecule has 0 aromatic rings. The Hall–Kier alpha value is -0.570. The van der Waals surface area contributed by atoms with Crippen molar-refractivity contribution in [3.8, 4) is 0 Å². The van der Waals surface area contributed by atoms with E-state index < -0.39 is 17.1 Å². The summed E-state index contributed by atoms with van der Waals surface area (Å²) in [6, 6.07) is 0. The third-order valence-electron chi connectivity index (χ3n) is 2.56. The summed E-state index contributed by atoms with van der Waals surface area (Å²) in [5, 5.41) is -0.696. The van der Waals surface area contributed by atoms with Crippen molar-refractivity contribution in [2.75, 3.05) is 0 Å². The number of halogens is 1. The highest BCUT2D eigenvalue weighted by Gasteiger charge is 2.30. The molecule has 0 saturated heterocycles. The molecular weight excluding hydrogens is 190 g/mol. The molecule has 2 N–H and O–H groups in total. The van der Waals surface area contributed by atoms with Crippen molar-refractivity contribution in [2.45, 2.75) is 37.5 Å². The van der Waals surface area contributed by atoms with E-state index in [4.69, 9.17) is 17.3 Å². The molecule has 1 aliphatic carbocycles. The molecule has 13 heavy (non-hydrogen) atoms. The van der Waals surface area contributed by atoms with E-state index in [-0.39, 0.29) is 5.92 Å². The summed E-state index contributed by atoms with van der Waals surface area (Å²) in [5.41, 5.74) is 4.87. The minimum atomic E-state index is -0.912. The van der Waals surface area contributed by atoms with Crippen LogP contribution >= 0.6 is 11.6 Å². The van der Waals surface area contributed by atoms with Crippen LogP contribution in [0.25, 0.3) is 0 Å². The second kappa shape index (κ2) is 4.61. The fourth-order valence-electron chi connectivity index (χ4n) is 1.78. The lowest BCUT2D eigenvalue weighted by Crippen LogP contribution is -2.35. The van der Waals surface area contributed by atoms with Gasteiger partial charge in [-0.3, -0.25) is 9.59 Å². The van der Waals surface area contributed by atoms with Gasteiger partial charge in [-0.05, 0) is 18.8 Å². The van der Waals surface area contributed by atoms with Crippen molar-refractivity contribution in [3.63, 3.8) is 0 Å². The Labute approximate surface area is 82.6 Å². The first-order valence-electron chi connectivity index (χ1n) is 4.60. The minimum Gasteiger partial charge on any atom is -0.363 e. The van der Waals surface area contributed by atoms with Crippen molar-refractivity contribution in [3.05, 3.63) is 0 Å². The highest BCUT2D eigenvalue weighted by Crippen LogP contribution is 2.29. The number of ketones is 1. The van der Waals surface area contributed by atoms with E-state index in [1.807, 2.05) is 0 Å². The van der Waals surface area contributed by atoms with Crippen molar-refractivity contribution >= 4 is 23.3 Å². The fourth-order valence-corrected chi connectivity index (χ4v) is 2.14. The maximum atomic E-state index is 11.1. The Balaban J connectivity index is 2.49. The largest absolute Gasteiger partial charge is 0.363 e. The van der Waals surface area contributed by atoms with E-state index in [0.717, 1.165) is 25.7 Å². The Bertz CT molecular complexity index is 212. The summed E-state index contributed by atoms with van der Waals surface area (Å²) in [7, 11) is 0. The van der Waals surface area contributed by atoms with Gasteiger partial charge in [0.1, 0.15) is 5.38 Å². The molecule has 0 spiro atoms. The van der Waals surface area contributed by atoms with E-state index in [9.17, 15) is 9.59 Å². The molecule has 1 amide bonds. The fraction of sp³-hybridized carbons (Fsp3) is 0.778. The van der Waals surface area contributed by atoms with E-state index >= 15 is 0 Å². The lowest BCUT2D eigenvalue weighted by atomic mass is 9.85. The van der Waals surface area contributed by atoms with E-state index in [1.165, 1.54) is 6.42 Å². The molecule has 1 aliphatic rings. The number of carbonyl (C=O) groups is 2. The van der Waals surface area contributed by atoms with E-state index in [2.05, 4.69) is 0 Å². The van der Waals surface area contributed by atoms with Crippen LogP contribution in [0.3, 0.4) is 0 Å². The number of alkyl halides is 1. The SMILES string of the molecule is NC(=O)C(=O)C(Cl)C1CCCCC1. The molecule has 1 unspecified atom stereocenters. The van der Waals surface area contributed by atoms with Crippen molar-refractivity contribution in [1.29, 1.82) is 0 Å². The molecule has 1 atom stereocenters. The van der Waals surface area contributed by atoms with Crippen LogP contribution in [0.2, 0.25) is 0 Å². The molecule has 0 radical (unpaired) electrons. The molecule has 1 rings (SSSR count). The number of primary amides is 1. The lowest BCUT2D eigenvalue weighted by Gasteiger charge is -2.24. The van der Waals surface area contributed by atoms with Crippen molar-refractivity contribution in [1.82, 2.24) is 0 Å². The molecular formula is C9H14ClNO2. The first-order valence-corrected chi connectivity index (χ1v) is 5.04. The Morgan fingerprint density at radius 3 is 2.23 bits per heavy atom. The molecule has 74 valence electrons. The number of Topliss-reactive ketones (excluding diaryl/α,β-unsaturated/α-hetero) is 1. The summed E-state index contributed by atoms with van der Waals surface area (Å²) in [6.07, 6.45) is 5.27. The maximum Gasteiger partial charge on any atom is 0.286 e. The van der Waals surface area contributed by atoms with Crippen LogP contribution in [-0.4, -0.2) is 17.1 Å². The highest BCUT2D eigenvalue weighted by molar-refractivity contribution is 6.48. The molecule has 4 heteroatoms. The second-order valence-corrected chi connectivity index (χ2v) is 4.00. The van der Waals surface area contributed by atoms with Gasteiger partial charge in [0.25, 0.3) is 5.91 Å². The average molecular weight is 204 g/mol. The zero-order chi connectivity index (χ0) is 9.84. The highest BCUT2D eigenvalue weighted by atomic mass is 35.5. The standard InChI is InChI=1S/C9H14ClNO2/c10-7(8(12)9(11)13)6-4-2-1-3-5-6/h6-7H,1-5H2,(H2,11,13). The van der Waals surface area contributed by atoms with Gasteiger partial charge in [-0.25, -0.2) is 0 Å². The summed E-state index contributed by atoms with van der Waals surface area (Å²) in [6.45, 7) is 0. The zero-order valence-corrected chi connectivity index (χ0v) is 8.22. The lowest BCUT2D eigenvalue weighted by molar-refractivity contribution is -0.136. The first kappa shape index (κ1) is 10.5. The molecule has 3 nitrogen and oxygen atoms in total. The third kappa shape index (κ3) is 2.69. The molecule has 0 heterocycles. The van der Waals surface area contributed by atoms with Crippen LogP contribution in [0.5, 0.6) is 0 Å². The molecule has 0 aromatic carbocycles. The average Bonchev–Trinajstić information content (AvgIpc) is 2.17. The predicted octanol–water partition coefficient (Wildman–Crippen LogP) is 1.23. The van der Waals surface area contributed by atoms with Crippen molar-refractivity contribution in [2.24, 2.45) is 11.7 Å². The molecule has 0 aromatic heterocycles. The van der Waals surface area contributed by atoms with Crippen molar-refractivity contribution < 1.29 is 9.59 Å². The quantitative estimate of drug-likeness (QED) is 0.554. The van der Waals surface area contributed by atoms with Crippen LogP contribution in [0.4, 0.5) is 0 Å². The minimum absolute atomic E-state index is 0.149. The van der Waals surface area contributed by atoms with Gasteiger partial charge in [-0.15, -0.1) is 11.6 Å². The molecule has 0 bridgehead atoms. The molecule has 1 saturated carbocycles. The number of hydrogen-bond donors (Lipinski definition) is 1. The van der Waals surface area contributed by atoms with Gasteiger partial charge >= 0.3 is 0 Å². The van der Waals surface area contributed by atoms with E-state index in [1.54, 1.807) is 0 Å². The topological polar surface area (TPSA) is 60.2 Å². The number of amides is 1. The predicted molar refractivity (Wildman–Crippen MR) is 50.4 cm³/mol. The summed E-state index contributed by atoms with van der Waals surface area (Å²) >= 11 is 5.85. The van der Waals surface area contributed by atoms with Crippen LogP contribution in [0, 0.1) is 5.92 Å². The Kier molecular flexibility index (Phi) is 3.72.